The molecule has 142 valence electrons. The van der Waals surface area contributed by atoms with E-state index >= 15 is 0 Å². The van der Waals surface area contributed by atoms with Gasteiger partial charge in [-0.2, -0.15) is 0 Å². The van der Waals surface area contributed by atoms with Crippen molar-refractivity contribution in [2.75, 3.05) is 0 Å². The Labute approximate surface area is 165 Å². The molecule has 2 aromatic carbocycles. The summed E-state index contributed by atoms with van der Waals surface area (Å²) in [6.45, 7) is 1.80. The van der Waals surface area contributed by atoms with Gasteiger partial charge in [-0.25, -0.2) is 9.37 Å². The van der Waals surface area contributed by atoms with E-state index in [0.717, 1.165) is 5.39 Å². The molecule has 1 amide bonds. The first-order valence-electron chi connectivity index (χ1n) is 8.66. The van der Waals surface area contributed by atoms with Crippen molar-refractivity contribution >= 4 is 28.5 Å². The van der Waals surface area contributed by atoms with Crippen LogP contribution in [0.25, 0.3) is 11.0 Å². The summed E-state index contributed by atoms with van der Waals surface area (Å²) in [5.74, 6) is -0.0359. The van der Waals surface area contributed by atoms with Crippen molar-refractivity contribution in [3.05, 3.63) is 88.4 Å². The third kappa shape index (κ3) is 3.27. The third-order valence-electron chi connectivity index (χ3n) is 4.68. The predicted octanol–water partition coefficient (Wildman–Crippen LogP) is 4.79. The normalized spacial score (nSPS) is 12.3. The first-order valence-corrected chi connectivity index (χ1v) is 9.04. The summed E-state index contributed by atoms with van der Waals surface area (Å²) in [5, 5.41) is 4.26. The summed E-state index contributed by atoms with van der Waals surface area (Å²) in [5.41, 5.74) is 1.85. The van der Waals surface area contributed by atoms with Gasteiger partial charge in [-0.1, -0.05) is 23.7 Å². The van der Waals surface area contributed by atoms with Crippen LogP contribution in [0.15, 0.2) is 59.3 Å². The number of benzene rings is 2. The van der Waals surface area contributed by atoms with Gasteiger partial charge in [0.1, 0.15) is 23.3 Å². The molecule has 2 heterocycles. The highest BCUT2D eigenvalue weighted by molar-refractivity contribution is 6.31. The first kappa shape index (κ1) is 18.3. The van der Waals surface area contributed by atoms with Crippen LogP contribution in [0.3, 0.4) is 0 Å². The molecule has 4 rings (SSSR count). The molecule has 0 aliphatic carbocycles. The van der Waals surface area contributed by atoms with Crippen LogP contribution in [0.4, 0.5) is 4.39 Å². The summed E-state index contributed by atoms with van der Waals surface area (Å²) in [6.07, 6.45) is 3.39. The Morgan fingerprint density at radius 1 is 1.29 bits per heavy atom. The van der Waals surface area contributed by atoms with Gasteiger partial charge >= 0.3 is 0 Å². The number of fused-ring (bicyclic) bond motifs is 1. The van der Waals surface area contributed by atoms with Crippen LogP contribution in [0, 0.1) is 12.7 Å². The standard InChI is InChI=1S/C21H17ClFN3O2/c1-12-16-11-14(22)6-7-17(16)28-19(12)21(27)25-18(20-24-8-9-26(20)2)13-4-3-5-15(23)10-13/h3-11,18H,1-2H3,(H,25,27)/t18-/m1/s1. The summed E-state index contributed by atoms with van der Waals surface area (Å²) in [4.78, 5) is 17.4. The maximum absolute atomic E-state index is 13.8. The molecule has 28 heavy (non-hydrogen) atoms. The maximum Gasteiger partial charge on any atom is 0.288 e. The molecule has 5 nitrogen and oxygen atoms in total. The summed E-state index contributed by atoms with van der Waals surface area (Å²) < 4.78 is 21.3. The lowest BCUT2D eigenvalue weighted by Gasteiger charge is -2.19. The van der Waals surface area contributed by atoms with E-state index in [1.165, 1.54) is 12.1 Å². The van der Waals surface area contributed by atoms with Crippen LogP contribution in [0.2, 0.25) is 5.02 Å². The van der Waals surface area contributed by atoms with Crippen LogP contribution in [0.5, 0.6) is 0 Å². The van der Waals surface area contributed by atoms with Gasteiger partial charge in [0.25, 0.3) is 5.91 Å². The van der Waals surface area contributed by atoms with Gasteiger partial charge in [0.2, 0.25) is 0 Å². The van der Waals surface area contributed by atoms with Crippen molar-refractivity contribution in [3.63, 3.8) is 0 Å². The number of carbonyl (C=O) groups excluding carboxylic acids is 1. The van der Waals surface area contributed by atoms with E-state index in [-0.39, 0.29) is 11.6 Å². The van der Waals surface area contributed by atoms with Gasteiger partial charge in [-0.05, 0) is 42.8 Å². The molecule has 4 aromatic rings. The average Bonchev–Trinajstić information content (AvgIpc) is 3.23. The molecule has 0 saturated heterocycles. The Morgan fingerprint density at radius 3 is 2.82 bits per heavy atom. The third-order valence-corrected chi connectivity index (χ3v) is 4.91. The van der Waals surface area contributed by atoms with Crippen LogP contribution in [-0.4, -0.2) is 15.5 Å². The van der Waals surface area contributed by atoms with Gasteiger partial charge in [-0.15, -0.1) is 0 Å². The number of nitrogens with one attached hydrogen (secondary N) is 1. The van der Waals surface area contributed by atoms with E-state index in [1.54, 1.807) is 54.2 Å². The van der Waals surface area contributed by atoms with E-state index < -0.39 is 11.9 Å². The Bertz CT molecular complexity index is 1180. The lowest BCUT2D eigenvalue weighted by molar-refractivity contribution is 0.0914. The molecule has 0 aliphatic heterocycles. The maximum atomic E-state index is 13.8. The van der Waals surface area contributed by atoms with Crippen molar-refractivity contribution in [3.8, 4) is 0 Å². The lowest BCUT2D eigenvalue weighted by Crippen LogP contribution is -2.31. The van der Waals surface area contributed by atoms with E-state index in [1.807, 2.05) is 7.05 Å². The van der Waals surface area contributed by atoms with E-state index in [4.69, 9.17) is 16.0 Å². The lowest BCUT2D eigenvalue weighted by atomic mass is 10.1. The van der Waals surface area contributed by atoms with Crippen molar-refractivity contribution in [1.82, 2.24) is 14.9 Å². The molecule has 0 radical (unpaired) electrons. The number of furan rings is 1. The molecular formula is C21H17ClFN3O2. The van der Waals surface area contributed by atoms with Crippen LogP contribution < -0.4 is 5.32 Å². The fourth-order valence-corrected chi connectivity index (χ4v) is 3.42. The second kappa shape index (κ2) is 7.13. The number of hydrogen-bond donors (Lipinski definition) is 1. The first-order chi connectivity index (χ1) is 13.4. The number of halogens is 2. The van der Waals surface area contributed by atoms with Gasteiger partial charge in [0, 0.05) is 35.4 Å². The Hall–Kier alpha value is -3.12. The predicted molar refractivity (Wildman–Crippen MR) is 105 cm³/mol. The van der Waals surface area contributed by atoms with E-state index in [9.17, 15) is 9.18 Å². The molecule has 1 atom stereocenters. The summed E-state index contributed by atoms with van der Waals surface area (Å²) in [6, 6.07) is 10.6. The largest absolute Gasteiger partial charge is 0.451 e. The monoisotopic (exact) mass is 397 g/mol. The number of rotatable bonds is 4. The van der Waals surface area contributed by atoms with Gasteiger partial charge < -0.3 is 14.3 Å². The zero-order valence-corrected chi connectivity index (χ0v) is 16.0. The molecule has 0 unspecified atom stereocenters. The molecular weight excluding hydrogens is 381 g/mol. The summed E-state index contributed by atoms with van der Waals surface area (Å²) >= 11 is 6.05. The summed E-state index contributed by atoms with van der Waals surface area (Å²) in [7, 11) is 1.81. The van der Waals surface area contributed by atoms with Gasteiger partial charge in [0.15, 0.2) is 5.76 Å². The fourth-order valence-electron chi connectivity index (χ4n) is 3.24. The highest BCUT2D eigenvalue weighted by Crippen LogP contribution is 2.29. The van der Waals surface area contributed by atoms with Crippen LogP contribution in [0.1, 0.15) is 33.5 Å². The van der Waals surface area contributed by atoms with Gasteiger partial charge in [0.05, 0.1) is 0 Å². The number of imidazole rings is 1. The number of hydrogen-bond acceptors (Lipinski definition) is 3. The zero-order chi connectivity index (χ0) is 19.8. The Balaban J connectivity index is 1.74. The van der Waals surface area contributed by atoms with Crippen molar-refractivity contribution < 1.29 is 13.6 Å². The highest BCUT2D eigenvalue weighted by Gasteiger charge is 2.25. The van der Waals surface area contributed by atoms with Crippen molar-refractivity contribution in [1.29, 1.82) is 0 Å². The quantitative estimate of drug-likeness (QED) is 0.538. The highest BCUT2D eigenvalue weighted by atomic mass is 35.5. The molecule has 7 heteroatoms. The van der Waals surface area contributed by atoms with Crippen molar-refractivity contribution in [2.45, 2.75) is 13.0 Å². The molecule has 0 bridgehead atoms. The van der Waals surface area contributed by atoms with Crippen molar-refractivity contribution in [2.24, 2.45) is 7.05 Å². The zero-order valence-electron chi connectivity index (χ0n) is 15.2. The molecule has 0 spiro atoms. The van der Waals surface area contributed by atoms with Crippen LogP contribution >= 0.6 is 11.6 Å². The smallest absolute Gasteiger partial charge is 0.288 e. The second-order valence-electron chi connectivity index (χ2n) is 6.55. The number of aromatic nitrogens is 2. The van der Waals surface area contributed by atoms with E-state index in [2.05, 4.69) is 10.3 Å². The number of aryl methyl sites for hydroxylation is 2. The molecule has 1 N–H and O–H groups in total. The average molecular weight is 398 g/mol. The van der Waals surface area contributed by atoms with Crippen LogP contribution in [-0.2, 0) is 7.05 Å². The molecule has 0 aliphatic rings. The number of amides is 1. The van der Waals surface area contributed by atoms with Gasteiger partial charge in [-0.3, -0.25) is 4.79 Å². The minimum atomic E-state index is -0.639. The number of nitrogens with zero attached hydrogens (tertiary/aromatic N) is 2. The topological polar surface area (TPSA) is 60.1 Å². The fraction of sp³-hybridized carbons (Fsp3) is 0.143. The molecule has 2 aromatic heterocycles. The minimum Gasteiger partial charge on any atom is -0.451 e. The Kier molecular flexibility index (Phi) is 4.65. The minimum absolute atomic E-state index is 0.188. The molecule has 0 fully saturated rings. The SMILES string of the molecule is Cc1c(C(=O)N[C@H](c2cccc(F)c2)c2nccn2C)oc2ccc(Cl)cc12. The number of carbonyl (C=O) groups is 1. The molecule has 0 saturated carbocycles. The van der Waals surface area contributed by atoms with E-state index in [0.29, 0.717) is 27.6 Å². The Morgan fingerprint density at radius 2 is 2.11 bits per heavy atom. The second-order valence-corrected chi connectivity index (χ2v) is 6.99.